The third-order valence-electron chi connectivity index (χ3n) is 3.55. The average molecular weight is 284 g/mol. The van der Waals surface area contributed by atoms with Crippen LogP contribution in [0.15, 0.2) is 0 Å². The summed E-state index contributed by atoms with van der Waals surface area (Å²) in [5, 5.41) is 0.579. The fourth-order valence-electron chi connectivity index (χ4n) is 2.41. The van der Waals surface area contributed by atoms with Crippen LogP contribution < -0.4 is 4.90 Å². The molecule has 0 N–H and O–H groups in total. The molecule has 0 radical (unpaired) electrons. The van der Waals surface area contributed by atoms with Crippen molar-refractivity contribution in [1.29, 1.82) is 0 Å². The lowest BCUT2D eigenvalue weighted by Crippen LogP contribution is -2.46. The van der Waals surface area contributed by atoms with E-state index in [4.69, 9.17) is 21.3 Å². The van der Waals surface area contributed by atoms with Crippen molar-refractivity contribution in [2.75, 3.05) is 24.7 Å². The van der Waals surface area contributed by atoms with Crippen LogP contribution in [0.5, 0.6) is 0 Å². The zero-order chi connectivity index (χ0) is 13.8. The Morgan fingerprint density at radius 2 is 2.16 bits per heavy atom. The SMILES string of the molecule is CCCc1nc(Cl)c(C)c(N2CCOCC2CC)n1. The number of aromatic nitrogens is 2. The Labute approximate surface area is 120 Å². The van der Waals surface area contributed by atoms with Crippen molar-refractivity contribution in [1.82, 2.24) is 9.97 Å². The van der Waals surface area contributed by atoms with Crippen LogP contribution in [-0.4, -0.2) is 35.8 Å². The maximum Gasteiger partial charge on any atom is 0.137 e. The molecular formula is C14H22ClN3O. The zero-order valence-corrected chi connectivity index (χ0v) is 12.7. The van der Waals surface area contributed by atoms with E-state index in [9.17, 15) is 0 Å². The predicted octanol–water partition coefficient (Wildman–Crippen LogP) is 3.01. The fraction of sp³-hybridized carbons (Fsp3) is 0.714. The molecule has 5 heteroatoms. The molecule has 2 heterocycles. The summed E-state index contributed by atoms with van der Waals surface area (Å²) in [5.41, 5.74) is 0.974. The normalized spacial score (nSPS) is 19.8. The van der Waals surface area contributed by atoms with Crippen LogP contribution >= 0.6 is 11.6 Å². The maximum atomic E-state index is 6.26. The Morgan fingerprint density at radius 1 is 1.37 bits per heavy atom. The number of halogens is 1. The monoisotopic (exact) mass is 283 g/mol. The second-order valence-corrected chi connectivity index (χ2v) is 5.32. The van der Waals surface area contributed by atoms with Crippen molar-refractivity contribution in [3.05, 3.63) is 16.5 Å². The molecule has 106 valence electrons. The largest absolute Gasteiger partial charge is 0.377 e. The molecule has 0 amide bonds. The number of nitrogens with zero attached hydrogens (tertiary/aromatic N) is 3. The van der Waals surface area contributed by atoms with Gasteiger partial charge in [-0.3, -0.25) is 0 Å². The van der Waals surface area contributed by atoms with Crippen LogP contribution in [0, 0.1) is 6.92 Å². The molecule has 1 atom stereocenters. The smallest absolute Gasteiger partial charge is 0.137 e. The summed E-state index contributed by atoms with van der Waals surface area (Å²) in [6.07, 6.45) is 2.94. The number of hydrogen-bond donors (Lipinski definition) is 0. The standard InChI is InChI=1S/C14H22ClN3O/c1-4-6-12-16-13(15)10(3)14(17-12)18-7-8-19-9-11(18)5-2/h11H,4-9H2,1-3H3. The van der Waals surface area contributed by atoms with Crippen LogP contribution in [0.25, 0.3) is 0 Å². The highest BCUT2D eigenvalue weighted by atomic mass is 35.5. The quantitative estimate of drug-likeness (QED) is 0.796. The minimum Gasteiger partial charge on any atom is -0.377 e. The van der Waals surface area contributed by atoms with Gasteiger partial charge in [-0.2, -0.15) is 0 Å². The third-order valence-corrected chi connectivity index (χ3v) is 3.92. The second-order valence-electron chi connectivity index (χ2n) is 4.96. The van der Waals surface area contributed by atoms with Crippen LogP contribution in [0.4, 0.5) is 5.82 Å². The summed E-state index contributed by atoms with van der Waals surface area (Å²) in [5.74, 6) is 1.83. The highest BCUT2D eigenvalue weighted by molar-refractivity contribution is 6.30. The molecule has 1 unspecified atom stereocenters. The number of ether oxygens (including phenoxy) is 1. The molecule has 4 nitrogen and oxygen atoms in total. The van der Waals surface area contributed by atoms with Gasteiger partial charge in [0.05, 0.1) is 19.3 Å². The molecule has 0 aromatic carbocycles. The van der Waals surface area contributed by atoms with Crippen LogP contribution in [0.1, 0.15) is 38.1 Å². The summed E-state index contributed by atoms with van der Waals surface area (Å²) < 4.78 is 5.55. The van der Waals surface area contributed by atoms with Gasteiger partial charge in [0.25, 0.3) is 0 Å². The Bertz CT molecular complexity index is 439. The van der Waals surface area contributed by atoms with Gasteiger partial charge in [0.2, 0.25) is 0 Å². The van der Waals surface area contributed by atoms with Gasteiger partial charge in [0.1, 0.15) is 16.8 Å². The minimum absolute atomic E-state index is 0.382. The summed E-state index contributed by atoms with van der Waals surface area (Å²) >= 11 is 6.26. The summed E-state index contributed by atoms with van der Waals surface area (Å²) in [4.78, 5) is 11.4. The second kappa shape index (κ2) is 6.53. The molecule has 2 rings (SSSR count). The van der Waals surface area contributed by atoms with E-state index < -0.39 is 0 Å². The molecule has 1 fully saturated rings. The number of morpholine rings is 1. The molecule has 1 aliphatic heterocycles. The molecule has 0 bridgehead atoms. The summed E-state index contributed by atoms with van der Waals surface area (Å²) in [6, 6.07) is 0.382. The van der Waals surface area contributed by atoms with Crippen molar-refractivity contribution >= 4 is 17.4 Å². The third kappa shape index (κ3) is 3.18. The van der Waals surface area contributed by atoms with E-state index in [1.807, 2.05) is 6.92 Å². The maximum absolute atomic E-state index is 6.26. The predicted molar refractivity (Wildman–Crippen MR) is 78.0 cm³/mol. The summed E-state index contributed by atoms with van der Waals surface area (Å²) in [7, 11) is 0. The van der Waals surface area contributed by atoms with Gasteiger partial charge in [-0.1, -0.05) is 25.4 Å². The molecule has 19 heavy (non-hydrogen) atoms. The molecule has 1 saturated heterocycles. The lowest BCUT2D eigenvalue weighted by Gasteiger charge is -2.37. The molecule has 1 aliphatic rings. The van der Waals surface area contributed by atoms with Gasteiger partial charge in [0, 0.05) is 18.5 Å². The number of rotatable bonds is 4. The van der Waals surface area contributed by atoms with Gasteiger partial charge in [-0.25, -0.2) is 9.97 Å². The molecule has 0 saturated carbocycles. The van der Waals surface area contributed by atoms with Gasteiger partial charge in [-0.15, -0.1) is 0 Å². The van der Waals surface area contributed by atoms with Gasteiger partial charge in [-0.05, 0) is 19.8 Å². The van der Waals surface area contributed by atoms with E-state index in [2.05, 4.69) is 23.7 Å². The first-order chi connectivity index (χ1) is 9.17. The average Bonchev–Trinajstić information content (AvgIpc) is 2.43. The van der Waals surface area contributed by atoms with Crippen molar-refractivity contribution in [3.63, 3.8) is 0 Å². The molecule has 1 aromatic rings. The first-order valence-corrected chi connectivity index (χ1v) is 7.42. The topological polar surface area (TPSA) is 38.2 Å². The van der Waals surface area contributed by atoms with Crippen LogP contribution in [-0.2, 0) is 11.2 Å². The van der Waals surface area contributed by atoms with Crippen LogP contribution in [0.2, 0.25) is 5.15 Å². The van der Waals surface area contributed by atoms with Gasteiger partial charge >= 0.3 is 0 Å². The van der Waals surface area contributed by atoms with Gasteiger partial charge < -0.3 is 9.64 Å². The Morgan fingerprint density at radius 3 is 2.84 bits per heavy atom. The van der Waals surface area contributed by atoms with E-state index in [-0.39, 0.29) is 0 Å². The molecule has 1 aromatic heterocycles. The Balaban J connectivity index is 2.35. The number of aryl methyl sites for hydroxylation is 1. The molecule has 0 spiro atoms. The lowest BCUT2D eigenvalue weighted by molar-refractivity contribution is 0.0924. The fourth-order valence-corrected chi connectivity index (χ4v) is 2.59. The highest BCUT2D eigenvalue weighted by Crippen LogP contribution is 2.27. The highest BCUT2D eigenvalue weighted by Gasteiger charge is 2.25. The molecular weight excluding hydrogens is 262 g/mol. The minimum atomic E-state index is 0.382. The molecule has 0 aliphatic carbocycles. The van der Waals surface area contributed by atoms with E-state index in [0.29, 0.717) is 11.2 Å². The van der Waals surface area contributed by atoms with E-state index in [0.717, 1.165) is 56.2 Å². The van der Waals surface area contributed by atoms with Crippen molar-refractivity contribution < 1.29 is 4.74 Å². The number of hydrogen-bond acceptors (Lipinski definition) is 4. The Kier molecular flexibility index (Phi) is 4.99. The Hall–Kier alpha value is -0.870. The van der Waals surface area contributed by atoms with Gasteiger partial charge in [0.15, 0.2) is 0 Å². The number of anilines is 1. The first kappa shape index (κ1) is 14.5. The lowest BCUT2D eigenvalue weighted by atomic mass is 10.1. The van der Waals surface area contributed by atoms with Crippen molar-refractivity contribution in [3.8, 4) is 0 Å². The summed E-state index contributed by atoms with van der Waals surface area (Å²) in [6.45, 7) is 8.69. The van der Waals surface area contributed by atoms with Crippen molar-refractivity contribution in [2.24, 2.45) is 0 Å². The van der Waals surface area contributed by atoms with E-state index in [1.165, 1.54) is 0 Å². The zero-order valence-electron chi connectivity index (χ0n) is 11.9. The van der Waals surface area contributed by atoms with E-state index >= 15 is 0 Å². The van der Waals surface area contributed by atoms with E-state index in [1.54, 1.807) is 0 Å². The van der Waals surface area contributed by atoms with Crippen LogP contribution in [0.3, 0.4) is 0 Å². The van der Waals surface area contributed by atoms with Crippen molar-refractivity contribution in [2.45, 2.75) is 46.1 Å². The first-order valence-electron chi connectivity index (χ1n) is 7.04.